The van der Waals surface area contributed by atoms with Crippen LogP contribution in [0.1, 0.15) is 20.7 Å². The van der Waals surface area contributed by atoms with E-state index in [1.54, 1.807) is 54.6 Å². The molecule has 4 rings (SSSR count). The van der Waals surface area contributed by atoms with Crippen molar-refractivity contribution in [3.05, 3.63) is 107 Å². The van der Waals surface area contributed by atoms with E-state index >= 15 is 0 Å². The van der Waals surface area contributed by atoms with Crippen LogP contribution in [0.3, 0.4) is 0 Å². The van der Waals surface area contributed by atoms with Gasteiger partial charge in [-0.25, -0.2) is 9.97 Å². The highest BCUT2D eigenvalue weighted by molar-refractivity contribution is 6.33. The molecule has 2 aromatic carbocycles. The first kappa shape index (κ1) is 23.0. The van der Waals surface area contributed by atoms with Crippen molar-refractivity contribution in [2.45, 2.75) is 0 Å². The normalized spacial score (nSPS) is 10.8. The van der Waals surface area contributed by atoms with Crippen LogP contribution in [-0.4, -0.2) is 21.8 Å². The highest BCUT2D eigenvalue weighted by Crippen LogP contribution is 2.31. The van der Waals surface area contributed by atoms with Gasteiger partial charge in [-0.1, -0.05) is 41.4 Å². The third kappa shape index (κ3) is 5.61. The molecule has 0 bridgehead atoms. The lowest BCUT2D eigenvalue weighted by Gasteiger charge is -2.12. The van der Waals surface area contributed by atoms with Crippen LogP contribution in [0.4, 0.5) is 22.7 Å². The Balaban J connectivity index is 1.65. The maximum absolute atomic E-state index is 12.8. The molecule has 168 valence electrons. The lowest BCUT2D eigenvalue weighted by molar-refractivity contribution is 0.101. The first-order valence-electron chi connectivity index (χ1n) is 9.96. The van der Waals surface area contributed by atoms with Gasteiger partial charge in [0.05, 0.1) is 22.5 Å². The molecule has 34 heavy (non-hydrogen) atoms. The quantitative estimate of drug-likeness (QED) is 0.231. The number of aromatic nitrogens is 2. The van der Waals surface area contributed by atoms with Crippen LogP contribution >= 0.6 is 23.2 Å². The van der Waals surface area contributed by atoms with Crippen LogP contribution in [0.5, 0.6) is 0 Å². The van der Waals surface area contributed by atoms with Crippen LogP contribution < -0.4 is 10.6 Å². The average Bonchev–Trinajstić information content (AvgIpc) is 2.84. The Morgan fingerprint density at radius 1 is 0.706 bits per heavy atom. The number of anilines is 2. The van der Waals surface area contributed by atoms with E-state index in [-0.39, 0.29) is 21.4 Å². The number of carbonyl (C=O) groups excluding carboxylic acids is 2. The second kappa shape index (κ2) is 10.7. The van der Waals surface area contributed by atoms with E-state index in [0.29, 0.717) is 22.7 Å². The first-order valence-corrected chi connectivity index (χ1v) is 10.7. The lowest BCUT2D eigenvalue weighted by atomic mass is 10.2. The molecule has 0 atom stereocenters. The van der Waals surface area contributed by atoms with Gasteiger partial charge in [-0.2, -0.15) is 5.11 Å². The fourth-order valence-corrected chi connectivity index (χ4v) is 3.32. The highest BCUT2D eigenvalue weighted by Gasteiger charge is 2.16. The SMILES string of the molecule is O=C(Nc1ccc(N=Nc2ccccc2)c(NC(=O)c2cccnc2Cl)c1)c1cccnc1Cl. The third-order valence-corrected chi connectivity index (χ3v) is 5.14. The Bertz CT molecular complexity index is 1380. The van der Waals surface area contributed by atoms with Crippen molar-refractivity contribution in [2.75, 3.05) is 10.6 Å². The second-order valence-electron chi connectivity index (χ2n) is 6.86. The third-order valence-electron chi connectivity index (χ3n) is 4.54. The summed E-state index contributed by atoms with van der Waals surface area (Å²) in [4.78, 5) is 33.3. The molecule has 0 saturated carbocycles. The number of carbonyl (C=O) groups is 2. The summed E-state index contributed by atoms with van der Waals surface area (Å²) in [6.45, 7) is 0. The van der Waals surface area contributed by atoms with Gasteiger partial charge in [-0.15, -0.1) is 5.11 Å². The summed E-state index contributed by atoms with van der Waals surface area (Å²) < 4.78 is 0. The standard InChI is InChI=1S/C24H16Cl2N6O2/c25-21-17(8-4-12-27-21)23(33)29-16-10-11-19(32-31-15-6-2-1-3-7-15)20(14-16)30-24(34)18-9-5-13-28-22(18)26/h1-14H,(H,29,33)(H,30,34). The van der Waals surface area contributed by atoms with E-state index in [1.807, 2.05) is 18.2 Å². The molecule has 2 aromatic heterocycles. The summed E-state index contributed by atoms with van der Waals surface area (Å²) >= 11 is 12.1. The van der Waals surface area contributed by atoms with Crippen LogP contribution in [-0.2, 0) is 0 Å². The van der Waals surface area contributed by atoms with Gasteiger partial charge in [0.15, 0.2) is 0 Å². The van der Waals surface area contributed by atoms with Gasteiger partial charge in [0.1, 0.15) is 16.0 Å². The van der Waals surface area contributed by atoms with Crippen LogP contribution in [0.25, 0.3) is 0 Å². The van der Waals surface area contributed by atoms with Gasteiger partial charge in [0.25, 0.3) is 11.8 Å². The fraction of sp³-hybridized carbons (Fsp3) is 0. The highest BCUT2D eigenvalue weighted by atomic mass is 35.5. The Labute approximate surface area is 204 Å². The number of azo groups is 1. The van der Waals surface area contributed by atoms with Gasteiger partial charge in [0, 0.05) is 18.1 Å². The number of amides is 2. The van der Waals surface area contributed by atoms with Gasteiger partial charge in [0.2, 0.25) is 0 Å². The zero-order valence-electron chi connectivity index (χ0n) is 17.4. The molecule has 8 nitrogen and oxygen atoms in total. The summed E-state index contributed by atoms with van der Waals surface area (Å²) in [6.07, 6.45) is 2.97. The number of pyridine rings is 2. The molecule has 0 radical (unpaired) electrons. The molecule has 2 amide bonds. The average molecular weight is 491 g/mol. The van der Waals surface area contributed by atoms with Crippen LogP contribution in [0.15, 0.2) is 95.4 Å². The summed E-state index contributed by atoms with van der Waals surface area (Å²) in [5.74, 6) is -0.947. The van der Waals surface area contributed by atoms with E-state index in [9.17, 15) is 9.59 Å². The minimum absolute atomic E-state index is 0.0585. The van der Waals surface area contributed by atoms with Crippen LogP contribution in [0, 0.1) is 0 Å². The Hall–Kier alpha value is -4.14. The largest absolute Gasteiger partial charge is 0.322 e. The molecule has 0 fully saturated rings. The van der Waals surface area contributed by atoms with E-state index in [0.717, 1.165) is 0 Å². The molecule has 4 aromatic rings. The van der Waals surface area contributed by atoms with Crippen molar-refractivity contribution in [1.29, 1.82) is 0 Å². The number of hydrogen-bond donors (Lipinski definition) is 2. The molecule has 10 heteroatoms. The van der Waals surface area contributed by atoms with E-state index in [4.69, 9.17) is 23.2 Å². The molecule has 2 N–H and O–H groups in total. The maximum atomic E-state index is 12.8. The smallest absolute Gasteiger partial charge is 0.258 e. The minimum Gasteiger partial charge on any atom is -0.322 e. The topological polar surface area (TPSA) is 109 Å². The number of hydrogen-bond acceptors (Lipinski definition) is 6. The molecule has 0 aliphatic carbocycles. The molecule has 0 spiro atoms. The zero-order chi connectivity index (χ0) is 23.9. The molecule has 0 unspecified atom stereocenters. The fourth-order valence-electron chi connectivity index (χ4n) is 2.91. The van der Waals surface area contributed by atoms with Gasteiger partial charge in [-0.3, -0.25) is 9.59 Å². The molecular weight excluding hydrogens is 475 g/mol. The number of rotatable bonds is 6. The summed E-state index contributed by atoms with van der Waals surface area (Å²) in [5.41, 5.74) is 2.11. The van der Waals surface area contributed by atoms with Crippen molar-refractivity contribution in [3.63, 3.8) is 0 Å². The predicted molar refractivity (Wildman–Crippen MR) is 131 cm³/mol. The number of nitrogens with one attached hydrogen (secondary N) is 2. The predicted octanol–water partition coefficient (Wildman–Crippen LogP) is 6.70. The van der Waals surface area contributed by atoms with Gasteiger partial charge < -0.3 is 10.6 Å². The molecule has 2 heterocycles. The van der Waals surface area contributed by atoms with E-state index in [2.05, 4.69) is 30.8 Å². The molecule has 0 aliphatic heterocycles. The lowest BCUT2D eigenvalue weighted by Crippen LogP contribution is -2.15. The van der Waals surface area contributed by atoms with E-state index in [1.165, 1.54) is 12.4 Å². The number of nitrogens with zero attached hydrogens (tertiary/aromatic N) is 4. The zero-order valence-corrected chi connectivity index (χ0v) is 19.0. The minimum atomic E-state index is -0.493. The molecule has 0 saturated heterocycles. The van der Waals surface area contributed by atoms with Gasteiger partial charge in [-0.05, 0) is 54.6 Å². The molecular formula is C24H16Cl2N6O2. The van der Waals surface area contributed by atoms with Crippen molar-refractivity contribution in [1.82, 2.24) is 9.97 Å². The first-order chi connectivity index (χ1) is 16.5. The second-order valence-corrected chi connectivity index (χ2v) is 7.58. The Kier molecular flexibility index (Phi) is 7.22. The van der Waals surface area contributed by atoms with E-state index < -0.39 is 11.8 Å². The van der Waals surface area contributed by atoms with Crippen molar-refractivity contribution in [2.24, 2.45) is 10.2 Å². The number of benzene rings is 2. The Morgan fingerprint density at radius 2 is 1.32 bits per heavy atom. The monoisotopic (exact) mass is 490 g/mol. The van der Waals surface area contributed by atoms with Crippen molar-refractivity contribution < 1.29 is 9.59 Å². The summed E-state index contributed by atoms with van der Waals surface area (Å²) in [7, 11) is 0. The molecule has 0 aliphatic rings. The number of halogens is 2. The van der Waals surface area contributed by atoms with Crippen molar-refractivity contribution >= 4 is 57.8 Å². The maximum Gasteiger partial charge on any atom is 0.258 e. The summed E-state index contributed by atoms with van der Waals surface area (Å²) in [5, 5.41) is 14.1. The summed E-state index contributed by atoms with van der Waals surface area (Å²) in [6, 6.07) is 20.3. The van der Waals surface area contributed by atoms with Gasteiger partial charge >= 0.3 is 0 Å². The van der Waals surface area contributed by atoms with Crippen LogP contribution in [0.2, 0.25) is 10.3 Å². The van der Waals surface area contributed by atoms with Crippen molar-refractivity contribution in [3.8, 4) is 0 Å². The Morgan fingerprint density at radius 3 is 1.94 bits per heavy atom.